The summed E-state index contributed by atoms with van der Waals surface area (Å²) in [6.45, 7) is 8.03. The molecular weight excluding hydrogens is 240 g/mol. The van der Waals surface area contributed by atoms with Crippen molar-refractivity contribution < 1.29 is 4.79 Å². The van der Waals surface area contributed by atoms with Gasteiger partial charge < -0.3 is 10.6 Å². The smallest absolute Gasteiger partial charge is 0.233 e. The van der Waals surface area contributed by atoms with E-state index in [1.807, 2.05) is 25.5 Å². The minimum atomic E-state index is -0.0112. The van der Waals surface area contributed by atoms with Gasteiger partial charge in [-0.15, -0.1) is 0 Å². The molecule has 0 radical (unpaired) electrons. The molecule has 6 heteroatoms. The van der Waals surface area contributed by atoms with Gasteiger partial charge in [-0.1, -0.05) is 11.6 Å². The third-order valence-electron chi connectivity index (χ3n) is 2.40. The Morgan fingerprint density at radius 1 is 1.47 bits per heavy atom. The number of rotatable bonds is 6. The van der Waals surface area contributed by atoms with Crippen molar-refractivity contribution in [1.29, 1.82) is 0 Å². The van der Waals surface area contributed by atoms with Crippen molar-refractivity contribution in [3.63, 3.8) is 0 Å². The van der Waals surface area contributed by atoms with Crippen LogP contribution in [-0.4, -0.2) is 28.8 Å². The van der Waals surface area contributed by atoms with Crippen molar-refractivity contribution in [1.82, 2.24) is 20.4 Å². The Hall–Kier alpha value is -1.07. The van der Waals surface area contributed by atoms with Gasteiger partial charge in [-0.2, -0.15) is 5.10 Å². The van der Waals surface area contributed by atoms with Gasteiger partial charge in [0.15, 0.2) is 0 Å². The Bertz CT molecular complexity index is 389. The van der Waals surface area contributed by atoms with Crippen LogP contribution in [0.1, 0.15) is 25.2 Å². The number of hydrogen-bond donors (Lipinski definition) is 2. The lowest BCUT2D eigenvalue weighted by Crippen LogP contribution is -2.33. The fourth-order valence-electron chi connectivity index (χ4n) is 1.59. The molecule has 5 nitrogen and oxygen atoms in total. The summed E-state index contributed by atoms with van der Waals surface area (Å²) in [6, 6.07) is 0. The first-order chi connectivity index (χ1) is 8.10. The van der Waals surface area contributed by atoms with Crippen LogP contribution in [0.3, 0.4) is 0 Å². The molecule has 0 aliphatic carbocycles. The van der Waals surface area contributed by atoms with Crippen molar-refractivity contribution in [2.24, 2.45) is 0 Å². The summed E-state index contributed by atoms with van der Waals surface area (Å²) in [5, 5.41) is 10.8. The van der Waals surface area contributed by atoms with Gasteiger partial charge in [0, 0.05) is 19.6 Å². The molecule has 0 saturated heterocycles. The van der Waals surface area contributed by atoms with Crippen molar-refractivity contribution >= 4 is 17.5 Å². The Morgan fingerprint density at radius 3 is 2.76 bits per heavy atom. The third kappa shape index (κ3) is 3.71. The van der Waals surface area contributed by atoms with Gasteiger partial charge in [0.25, 0.3) is 0 Å². The second kappa shape index (κ2) is 6.61. The highest BCUT2D eigenvalue weighted by Gasteiger charge is 2.12. The van der Waals surface area contributed by atoms with Gasteiger partial charge in [-0.25, -0.2) is 0 Å². The van der Waals surface area contributed by atoms with Crippen LogP contribution in [0.4, 0.5) is 0 Å². The summed E-state index contributed by atoms with van der Waals surface area (Å²) in [5.74, 6) is -0.0112. The number of likely N-dealkylation sites (N-methyl/N-ethyl adjacent to an activating group) is 1. The molecule has 0 aromatic carbocycles. The molecule has 0 bridgehead atoms. The van der Waals surface area contributed by atoms with Crippen molar-refractivity contribution in [2.75, 3.05) is 13.1 Å². The van der Waals surface area contributed by atoms with Crippen LogP contribution >= 0.6 is 11.6 Å². The predicted octanol–water partition coefficient (Wildman–Crippen LogP) is 1.09. The minimum absolute atomic E-state index is 0.0112. The van der Waals surface area contributed by atoms with Crippen LogP contribution in [0, 0.1) is 6.92 Å². The number of halogens is 1. The van der Waals surface area contributed by atoms with Crippen molar-refractivity contribution in [2.45, 2.75) is 33.9 Å². The molecule has 17 heavy (non-hydrogen) atoms. The molecule has 1 heterocycles. The van der Waals surface area contributed by atoms with E-state index in [1.54, 1.807) is 0 Å². The van der Waals surface area contributed by atoms with E-state index >= 15 is 0 Å². The number of carbonyl (C=O) groups excluding carboxylic acids is 1. The van der Waals surface area contributed by atoms with Crippen LogP contribution in [0.15, 0.2) is 0 Å². The van der Waals surface area contributed by atoms with E-state index in [9.17, 15) is 4.79 Å². The zero-order chi connectivity index (χ0) is 12.8. The fourth-order valence-corrected chi connectivity index (χ4v) is 1.79. The van der Waals surface area contributed by atoms with E-state index in [4.69, 9.17) is 11.6 Å². The number of nitrogens with one attached hydrogen (secondary N) is 2. The molecular formula is C11H19ClN4O. The minimum Gasteiger partial charge on any atom is -0.355 e. The van der Waals surface area contributed by atoms with Gasteiger partial charge in [0.05, 0.1) is 23.0 Å². The second-order valence-electron chi connectivity index (χ2n) is 3.72. The normalized spacial score (nSPS) is 10.6. The van der Waals surface area contributed by atoms with Crippen LogP contribution in [0.5, 0.6) is 0 Å². The zero-order valence-corrected chi connectivity index (χ0v) is 11.3. The Kier molecular flexibility index (Phi) is 5.44. The largest absolute Gasteiger partial charge is 0.355 e. The Balaban J connectivity index is 2.54. The highest BCUT2D eigenvalue weighted by Crippen LogP contribution is 2.19. The maximum Gasteiger partial charge on any atom is 0.233 e. The molecule has 1 amide bonds. The number of aromatic nitrogens is 2. The number of carbonyl (C=O) groups is 1. The lowest BCUT2D eigenvalue weighted by molar-refractivity contribution is -0.120. The van der Waals surface area contributed by atoms with E-state index in [1.165, 1.54) is 0 Å². The standard InChI is InChI=1S/C11H19ClN4O/c1-4-14-10(17)7-13-6-9-11(12)8(3)15-16(9)5-2/h13H,4-7H2,1-3H3,(H,14,17). The van der Waals surface area contributed by atoms with Crippen LogP contribution in [0.25, 0.3) is 0 Å². The first-order valence-corrected chi connectivity index (χ1v) is 6.17. The zero-order valence-electron chi connectivity index (χ0n) is 10.5. The first kappa shape index (κ1) is 14.0. The van der Waals surface area contributed by atoms with Gasteiger partial charge in [0.2, 0.25) is 5.91 Å². The second-order valence-corrected chi connectivity index (χ2v) is 4.10. The van der Waals surface area contributed by atoms with Crippen LogP contribution in [-0.2, 0) is 17.9 Å². The van der Waals surface area contributed by atoms with Crippen LogP contribution < -0.4 is 10.6 Å². The average molecular weight is 259 g/mol. The summed E-state index contributed by atoms with van der Waals surface area (Å²) in [5.41, 5.74) is 1.75. The molecule has 0 atom stereocenters. The average Bonchev–Trinajstić information content (AvgIpc) is 2.57. The topological polar surface area (TPSA) is 59.0 Å². The van der Waals surface area contributed by atoms with Gasteiger partial charge in [0.1, 0.15) is 0 Å². The molecule has 1 rings (SSSR count). The molecule has 0 spiro atoms. The molecule has 0 aliphatic rings. The lowest BCUT2D eigenvalue weighted by Gasteiger charge is -2.07. The lowest BCUT2D eigenvalue weighted by atomic mass is 10.3. The van der Waals surface area contributed by atoms with E-state index in [0.717, 1.165) is 17.9 Å². The fraction of sp³-hybridized carbons (Fsp3) is 0.636. The summed E-state index contributed by atoms with van der Waals surface area (Å²) in [4.78, 5) is 11.2. The number of aryl methyl sites for hydroxylation is 2. The molecule has 2 N–H and O–H groups in total. The number of nitrogens with zero attached hydrogens (tertiary/aromatic N) is 2. The van der Waals surface area contributed by atoms with Crippen LogP contribution in [0.2, 0.25) is 5.02 Å². The van der Waals surface area contributed by atoms with Crippen molar-refractivity contribution in [3.8, 4) is 0 Å². The molecule has 1 aromatic heterocycles. The molecule has 96 valence electrons. The predicted molar refractivity (Wildman–Crippen MR) is 68.0 cm³/mol. The maximum absolute atomic E-state index is 11.2. The third-order valence-corrected chi connectivity index (χ3v) is 2.90. The number of amides is 1. The molecule has 0 fully saturated rings. The first-order valence-electron chi connectivity index (χ1n) is 5.79. The Labute approximate surface area is 107 Å². The summed E-state index contributed by atoms with van der Waals surface area (Å²) in [7, 11) is 0. The number of hydrogen-bond acceptors (Lipinski definition) is 3. The van der Waals surface area contributed by atoms with E-state index < -0.39 is 0 Å². The maximum atomic E-state index is 11.2. The summed E-state index contributed by atoms with van der Waals surface area (Å²) >= 11 is 6.15. The quantitative estimate of drug-likeness (QED) is 0.803. The Morgan fingerprint density at radius 2 is 2.18 bits per heavy atom. The molecule has 0 saturated carbocycles. The van der Waals surface area contributed by atoms with E-state index in [-0.39, 0.29) is 12.5 Å². The SMILES string of the molecule is CCNC(=O)CNCc1c(Cl)c(C)nn1CC. The van der Waals surface area contributed by atoms with E-state index in [2.05, 4.69) is 15.7 Å². The highest BCUT2D eigenvalue weighted by molar-refractivity contribution is 6.31. The van der Waals surface area contributed by atoms with Gasteiger partial charge in [-0.05, 0) is 20.8 Å². The summed E-state index contributed by atoms with van der Waals surface area (Å²) in [6.07, 6.45) is 0. The highest BCUT2D eigenvalue weighted by atomic mass is 35.5. The molecule has 0 aliphatic heterocycles. The van der Waals surface area contributed by atoms with Gasteiger partial charge >= 0.3 is 0 Å². The van der Waals surface area contributed by atoms with Gasteiger partial charge in [-0.3, -0.25) is 9.48 Å². The molecule has 0 unspecified atom stereocenters. The van der Waals surface area contributed by atoms with Crippen molar-refractivity contribution in [3.05, 3.63) is 16.4 Å². The monoisotopic (exact) mass is 258 g/mol. The molecule has 1 aromatic rings. The van der Waals surface area contributed by atoms with E-state index in [0.29, 0.717) is 18.1 Å². The summed E-state index contributed by atoms with van der Waals surface area (Å²) < 4.78 is 1.85.